The number of esters is 1. The third kappa shape index (κ3) is 2.17. The van der Waals surface area contributed by atoms with Crippen LogP contribution >= 0.6 is 0 Å². The molecule has 0 unspecified atom stereocenters. The molecule has 0 saturated heterocycles. The van der Waals surface area contributed by atoms with Gasteiger partial charge in [0.15, 0.2) is 0 Å². The number of nitriles is 1. The summed E-state index contributed by atoms with van der Waals surface area (Å²) in [4.78, 5) is 11.4. The Labute approximate surface area is 87.2 Å². The van der Waals surface area contributed by atoms with Crippen LogP contribution in [0, 0.1) is 11.3 Å². The summed E-state index contributed by atoms with van der Waals surface area (Å²) in [6.07, 6.45) is 0. The number of nitrogens with two attached hydrogens (primary N) is 2. The lowest BCUT2D eigenvalue weighted by atomic mass is 10.1. The van der Waals surface area contributed by atoms with Gasteiger partial charge in [0.25, 0.3) is 0 Å². The molecule has 0 aliphatic carbocycles. The minimum atomic E-state index is -0.571. The predicted octanol–water partition coefficient (Wildman–Crippen LogP) is 0.899. The van der Waals surface area contributed by atoms with Crippen molar-refractivity contribution in [3.05, 3.63) is 23.3 Å². The van der Waals surface area contributed by atoms with Crippen molar-refractivity contribution in [2.75, 3.05) is 18.1 Å². The first-order valence-corrected chi connectivity index (χ1v) is 4.36. The van der Waals surface area contributed by atoms with Gasteiger partial charge in [-0.05, 0) is 19.1 Å². The van der Waals surface area contributed by atoms with Gasteiger partial charge in [-0.1, -0.05) is 0 Å². The fourth-order valence-corrected chi connectivity index (χ4v) is 1.12. The molecule has 0 aromatic heterocycles. The topological polar surface area (TPSA) is 102 Å². The van der Waals surface area contributed by atoms with Crippen molar-refractivity contribution in [2.45, 2.75) is 6.92 Å². The Morgan fingerprint density at radius 1 is 1.53 bits per heavy atom. The van der Waals surface area contributed by atoms with Crippen LogP contribution in [-0.4, -0.2) is 12.6 Å². The van der Waals surface area contributed by atoms with E-state index in [1.165, 1.54) is 12.1 Å². The van der Waals surface area contributed by atoms with Crippen molar-refractivity contribution in [3.8, 4) is 6.07 Å². The molecule has 0 bridgehead atoms. The molecule has 78 valence electrons. The molecule has 15 heavy (non-hydrogen) atoms. The van der Waals surface area contributed by atoms with Crippen molar-refractivity contribution in [1.29, 1.82) is 5.26 Å². The van der Waals surface area contributed by atoms with E-state index < -0.39 is 5.97 Å². The first-order chi connectivity index (χ1) is 7.10. The zero-order valence-electron chi connectivity index (χ0n) is 8.28. The number of carbonyl (C=O) groups excluding carboxylic acids is 1. The SMILES string of the molecule is CCOC(=O)c1cc(C#N)cc(N)c1N. The average molecular weight is 205 g/mol. The van der Waals surface area contributed by atoms with Crippen molar-refractivity contribution in [3.63, 3.8) is 0 Å². The fraction of sp³-hybridized carbons (Fsp3) is 0.200. The maximum Gasteiger partial charge on any atom is 0.340 e. The Kier molecular flexibility index (Phi) is 3.13. The lowest BCUT2D eigenvalue weighted by Crippen LogP contribution is -2.10. The van der Waals surface area contributed by atoms with E-state index in [0.717, 1.165) is 0 Å². The normalized spacial score (nSPS) is 9.33. The van der Waals surface area contributed by atoms with Gasteiger partial charge in [-0.25, -0.2) is 4.79 Å². The van der Waals surface area contributed by atoms with E-state index in [4.69, 9.17) is 21.5 Å². The molecular formula is C10H11N3O2. The van der Waals surface area contributed by atoms with Gasteiger partial charge in [0.2, 0.25) is 0 Å². The van der Waals surface area contributed by atoms with E-state index in [1.54, 1.807) is 6.92 Å². The monoisotopic (exact) mass is 205 g/mol. The highest BCUT2D eigenvalue weighted by Gasteiger charge is 2.14. The summed E-state index contributed by atoms with van der Waals surface area (Å²) in [6.45, 7) is 1.93. The molecule has 0 heterocycles. The predicted molar refractivity (Wildman–Crippen MR) is 55.9 cm³/mol. The van der Waals surface area contributed by atoms with E-state index in [9.17, 15) is 4.79 Å². The minimum absolute atomic E-state index is 0.133. The Bertz CT molecular complexity index is 435. The van der Waals surface area contributed by atoms with Gasteiger partial charge in [-0.15, -0.1) is 0 Å². The van der Waals surface area contributed by atoms with Crippen molar-refractivity contribution in [2.24, 2.45) is 0 Å². The van der Waals surface area contributed by atoms with Crippen LogP contribution < -0.4 is 11.5 Å². The van der Waals surface area contributed by atoms with Crippen LogP contribution in [0.15, 0.2) is 12.1 Å². The summed E-state index contributed by atoms with van der Waals surface area (Å²) >= 11 is 0. The molecule has 0 saturated carbocycles. The van der Waals surface area contributed by atoms with Gasteiger partial charge in [0, 0.05) is 0 Å². The van der Waals surface area contributed by atoms with Crippen molar-refractivity contribution in [1.82, 2.24) is 0 Å². The number of carbonyl (C=O) groups is 1. The smallest absolute Gasteiger partial charge is 0.340 e. The van der Waals surface area contributed by atoms with Gasteiger partial charge in [-0.2, -0.15) is 5.26 Å². The zero-order valence-corrected chi connectivity index (χ0v) is 8.28. The van der Waals surface area contributed by atoms with E-state index >= 15 is 0 Å². The first-order valence-electron chi connectivity index (χ1n) is 4.36. The number of benzene rings is 1. The molecular weight excluding hydrogens is 194 g/mol. The molecule has 0 spiro atoms. The quantitative estimate of drug-likeness (QED) is 0.551. The van der Waals surface area contributed by atoms with E-state index in [2.05, 4.69) is 0 Å². The molecule has 5 nitrogen and oxygen atoms in total. The third-order valence-electron chi connectivity index (χ3n) is 1.84. The average Bonchev–Trinajstić information content (AvgIpc) is 2.22. The van der Waals surface area contributed by atoms with Crippen LogP contribution in [0.4, 0.5) is 11.4 Å². The van der Waals surface area contributed by atoms with Crippen molar-refractivity contribution < 1.29 is 9.53 Å². The molecule has 5 heteroatoms. The lowest BCUT2D eigenvalue weighted by Gasteiger charge is -2.07. The number of ether oxygens (including phenoxy) is 1. The molecule has 0 aliphatic heterocycles. The summed E-state index contributed by atoms with van der Waals surface area (Å²) in [5.41, 5.74) is 11.9. The highest BCUT2D eigenvalue weighted by molar-refractivity contribution is 5.98. The highest BCUT2D eigenvalue weighted by atomic mass is 16.5. The maximum absolute atomic E-state index is 11.4. The molecule has 0 amide bonds. The van der Waals surface area contributed by atoms with Crippen LogP contribution in [-0.2, 0) is 4.74 Å². The summed E-state index contributed by atoms with van der Waals surface area (Å²) < 4.78 is 4.78. The molecule has 1 aromatic rings. The fourth-order valence-electron chi connectivity index (χ4n) is 1.12. The largest absolute Gasteiger partial charge is 0.462 e. The van der Waals surface area contributed by atoms with Crippen LogP contribution in [0.3, 0.4) is 0 Å². The van der Waals surface area contributed by atoms with Gasteiger partial charge in [-0.3, -0.25) is 0 Å². The van der Waals surface area contributed by atoms with E-state index in [1.807, 2.05) is 6.07 Å². The number of rotatable bonds is 2. The van der Waals surface area contributed by atoms with E-state index in [-0.39, 0.29) is 29.1 Å². The van der Waals surface area contributed by atoms with Crippen LogP contribution in [0.5, 0.6) is 0 Å². The lowest BCUT2D eigenvalue weighted by molar-refractivity contribution is 0.0527. The first kappa shape index (κ1) is 10.9. The number of hydrogen-bond donors (Lipinski definition) is 2. The molecule has 0 radical (unpaired) electrons. The number of hydrogen-bond acceptors (Lipinski definition) is 5. The Hall–Kier alpha value is -2.22. The van der Waals surface area contributed by atoms with Crippen LogP contribution in [0.25, 0.3) is 0 Å². The Balaban J connectivity index is 3.23. The number of nitrogen functional groups attached to an aromatic ring is 2. The highest BCUT2D eigenvalue weighted by Crippen LogP contribution is 2.22. The second-order valence-corrected chi connectivity index (χ2v) is 2.86. The summed E-state index contributed by atoms with van der Waals surface area (Å²) in [5, 5.41) is 8.69. The molecule has 1 rings (SSSR count). The van der Waals surface area contributed by atoms with Crippen LogP contribution in [0.2, 0.25) is 0 Å². The Morgan fingerprint density at radius 3 is 2.73 bits per heavy atom. The van der Waals surface area contributed by atoms with Crippen molar-refractivity contribution >= 4 is 17.3 Å². The van der Waals surface area contributed by atoms with Crippen LogP contribution in [0.1, 0.15) is 22.8 Å². The van der Waals surface area contributed by atoms with E-state index in [0.29, 0.717) is 0 Å². The minimum Gasteiger partial charge on any atom is -0.462 e. The summed E-state index contributed by atoms with van der Waals surface area (Å²) in [6, 6.07) is 4.67. The molecule has 0 atom stereocenters. The molecule has 0 fully saturated rings. The molecule has 4 N–H and O–H groups in total. The summed E-state index contributed by atoms with van der Waals surface area (Å²) in [7, 11) is 0. The number of nitrogens with zero attached hydrogens (tertiary/aromatic N) is 1. The van der Waals surface area contributed by atoms with Gasteiger partial charge >= 0.3 is 5.97 Å². The van der Waals surface area contributed by atoms with Gasteiger partial charge in [0.05, 0.1) is 35.2 Å². The second-order valence-electron chi connectivity index (χ2n) is 2.86. The van der Waals surface area contributed by atoms with Gasteiger partial charge in [0.1, 0.15) is 0 Å². The Morgan fingerprint density at radius 2 is 2.20 bits per heavy atom. The molecule has 0 aliphatic rings. The summed E-state index contributed by atoms with van der Waals surface area (Å²) in [5.74, 6) is -0.571. The standard InChI is InChI=1S/C10H11N3O2/c1-2-15-10(14)7-3-6(5-11)4-8(12)9(7)13/h3-4H,2,12-13H2,1H3. The molecule has 1 aromatic carbocycles. The maximum atomic E-state index is 11.4. The zero-order chi connectivity index (χ0) is 11.4. The third-order valence-corrected chi connectivity index (χ3v) is 1.84. The van der Waals surface area contributed by atoms with Gasteiger partial charge < -0.3 is 16.2 Å². The number of anilines is 2. The second kappa shape index (κ2) is 4.33.